The maximum absolute atomic E-state index is 13.1. The number of rotatable bonds is 4. The molecule has 3 rings (SSSR count). The first-order valence-electron chi connectivity index (χ1n) is 9.19. The Kier molecular flexibility index (Phi) is 4.58. The van der Waals surface area contributed by atoms with Crippen LogP contribution in [0.4, 0.5) is 0 Å². The zero-order chi connectivity index (χ0) is 14.9. The van der Waals surface area contributed by atoms with Crippen LogP contribution >= 0.6 is 0 Å². The van der Waals surface area contributed by atoms with Gasteiger partial charge in [-0.15, -0.1) is 0 Å². The molecule has 120 valence electrons. The fourth-order valence-electron chi connectivity index (χ4n) is 4.70. The summed E-state index contributed by atoms with van der Waals surface area (Å²) in [5, 5.41) is 3.76. The highest BCUT2D eigenvalue weighted by atomic mass is 16.2. The van der Waals surface area contributed by atoms with Crippen LogP contribution in [-0.4, -0.2) is 29.1 Å². The van der Waals surface area contributed by atoms with Gasteiger partial charge in [-0.3, -0.25) is 10.1 Å². The summed E-state index contributed by atoms with van der Waals surface area (Å²) in [6.45, 7) is 5.54. The minimum atomic E-state index is -0.186. The third-order valence-electron chi connectivity index (χ3n) is 5.82. The average Bonchev–Trinajstić information content (AvgIpc) is 3.02. The Hall–Kier alpha value is -0.570. The molecule has 1 saturated heterocycles. The highest BCUT2D eigenvalue weighted by Crippen LogP contribution is 2.38. The lowest BCUT2D eigenvalue weighted by atomic mass is 9.88. The summed E-state index contributed by atoms with van der Waals surface area (Å²) in [5.74, 6) is 1.81. The minimum Gasteiger partial charge on any atom is -0.325 e. The third-order valence-corrected chi connectivity index (χ3v) is 5.82. The van der Waals surface area contributed by atoms with Gasteiger partial charge in [0, 0.05) is 6.54 Å². The highest BCUT2D eigenvalue weighted by molar-refractivity contribution is 5.89. The van der Waals surface area contributed by atoms with E-state index in [2.05, 4.69) is 24.1 Å². The van der Waals surface area contributed by atoms with Gasteiger partial charge in [0.15, 0.2) is 0 Å². The van der Waals surface area contributed by atoms with Crippen LogP contribution in [0.3, 0.4) is 0 Å². The van der Waals surface area contributed by atoms with Crippen LogP contribution in [0.1, 0.15) is 78.1 Å². The van der Waals surface area contributed by atoms with E-state index >= 15 is 0 Å². The van der Waals surface area contributed by atoms with Crippen molar-refractivity contribution < 1.29 is 4.79 Å². The van der Waals surface area contributed by atoms with E-state index in [1.54, 1.807) is 0 Å². The van der Waals surface area contributed by atoms with Crippen LogP contribution in [0.5, 0.6) is 0 Å². The van der Waals surface area contributed by atoms with E-state index in [0.29, 0.717) is 11.8 Å². The van der Waals surface area contributed by atoms with Crippen molar-refractivity contribution in [2.24, 2.45) is 11.8 Å². The second-order valence-electron chi connectivity index (χ2n) is 8.04. The monoisotopic (exact) mass is 292 g/mol. The van der Waals surface area contributed by atoms with Gasteiger partial charge in [-0.05, 0) is 43.9 Å². The molecule has 0 aromatic carbocycles. The Morgan fingerprint density at radius 2 is 1.81 bits per heavy atom. The van der Waals surface area contributed by atoms with E-state index in [1.165, 1.54) is 44.9 Å². The Morgan fingerprint density at radius 1 is 1.14 bits per heavy atom. The van der Waals surface area contributed by atoms with Gasteiger partial charge in [0.2, 0.25) is 5.91 Å². The van der Waals surface area contributed by atoms with Crippen LogP contribution in [0.2, 0.25) is 0 Å². The molecule has 2 saturated carbocycles. The summed E-state index contributed by atoms with van der Waals surface area (Å²) < 4.78 is 0. The Labute approximate surface area is 129 Å². The van der Waals surface area contributed by atoms with E-state index < -0.39 is 0 Å². The number of hydrogen-bond donors (Lipinski definition) is 1. The molecule has 3 nitrogen and oxygen atoms in total. The molecule has 1 unspecified atom stereocenters. The molecule has 0 bridgehead atoms. The first-order valence-corrected chi connectivity index (χ1v) is 9.19. The molecule has 0 radical (unpaired) electrons. The first kappa shape index (κ1) is 15.3. The lowest BCUT2D eigenvalue weighted by Crippen LogP contribution is -2.45. The smallest absolute Gasteiger partial charge is 0.244 e. The lowest BCUT2D eigenvalue weighted by Gasteiger charge is -2.31. The SMILES string of the molecule is CC(C)CC1NC2(CCCC2)C(=O)N1CC1CCCCC1. The fraction of sp³-hybridized carbons (Fsp3) is 0.944. The fourth-order valence-corrected chi connectivity index (χ4v) is 4.70. The van der Waals surface area contributed by atoms with Crippen molar-refractivity contribution in [2.75, 3.05) is 6.54 Å². The van der Waals surface area contributed by atoms with Gasteiger partial charge < -0.3 is 4.90 Å². The van der Waals surface area contributed by atoms with Crippen molar-refractivity contribution >= 4 is 5.91 Å². The number of amides is 1. The molecule has 1 N–H and O–H groups in total. The maximum atomic E-state index is 13.1. The summed E-state index contributed by atoms with van der Waals surface area (Å²) >= 11 is 0. The Bertz CT molecular complexity index is 367. The van der Waals surface area contributed by atoms with E-state index in [9.17, 15) is 4.79 Å². The molecule has 0 aromatic heterocycles. The molecule has 1 aliphatic heterocycles. The standard InChI is InChI=1S/C18H32N2O/c1-14(2)12-16-19-18(10-6-7-11-18)17(21)20(16)13-15-8-4-3-5-9-15/h14-16,19H,3-13H2,1-2H3. The normalized spacial score (nSPS) is 30.0. The van der Waals surface area contributed by atoms with Crippen molar-refractivity contribution in [3.8, 4) is 0 Å². The molecular weight excluding hydrogens is 260 g/mol. The number of nitrogens with zero attached hydrogens (tertiary/aromatic N) is 1. The predicted octanol–water partition coefficient (Wildman–Crippen LogP) is 3.68. The zero-order valence-electron chi connectivity index (χ0n) is 13.9. The number of carbonyl (C=O) groups excluding carboxylic acids is 1. The summed E-state index contributed by atoms with van der Waals surface area (Å²) in [4.78, 5) is 15.3. The first-order chi connectivity index (χ1) is 10.1. The van der Waals surface area contributed by atoms with Crippen LogP contribution in [0, 0.1) is 11.8 Å². The maximum Gasteiger partial charge on any atom is 0.244 e. The second-order valence-corrected chi connectivity index (χ2v) is 8.04. The second kappa shape index (κ2) is 6.28. The van der Waals surface area contributed by atoms with Crippen molar-refractivity contribution in [3.63, 3.8) is 0 Å². The molecule has 0 aromatic rings. The van der Waals surface area contributed by atoms with Crippen LogP contribution in [0.15, 0.2) is 0 Å². The molecule has 2 aliphatic carbocycles. The van der Waals surface area contributed by atoms with Crippen molar-refractivity contribution in [2.45, 2.75) is 89.8 Å². The van der Waals surface area contributed by atoms with Gasteiger partial charge in [-0.2, -0.15) is 0 Å². The highest BCUT2D eigenvalue weighted by Gasteiger charge is 2.52. The summed E-state index contributed by atoms with van der Waals surface area (Å²) in [7, 11) is 0. The van der Waals surface area contributed by atoms with Gasteiger partial charge in [0.05, 0.1) is 11.7 Å². The van der Waals surface area contributed by atoms with Crippen LogP contribution in [0.25, 0.3) is 0 Å². The molecule has 21 heavy (non-hydrogen) atoms. The van der Waals surface area contributed by atoms with Crippen molar-refractivity contribution in [1.29, 1.82) is 0 Å². The molecule has 1 spiro atoms. The van der Waals surface area contributed by atoms with Gasteiger partial charge in [-0.1, -0.05) is 46.0 Å². The van der Waals surface area contributed by atoms with Crippen molar-refractivity contribution in [3.05, 3.63) is 0 Å². The van der Waals surface area contributed by atoms with Crippen molar-refractivity contribution in [1.82, 2.24) is 10.2 Å². The molecule has 3 fully saturated rings. The van der Waals surface area contributed by atoms with E-state index in [-0.39, 0.29) is 11.7 Å². The van der Waals surface area contributed by atoms with Gasteiger partial charge >= 0.3 is 0 Å². The van der Waals surface area contributed by atoms with Gasteiger partial charge in [0.1, 0.15) is 0 Å². The molecule has 1 heterocycles. The molecular formula is C18H32N2O. The summed E-state index contributed by atoms with van der Waals surface area (Å²) in [6.07, 6.45) is 12.7. The molecule has 3 heteroatoms. The van der Waals surface area contributed by atoms with Crippen LogP contribution in [-0.2, 0) is 4.79 Å². The van der Waals surface area contributed by atoms with Crippen LogP contribution < -0.4 is 5.32 Å². The number of hydrogen-bond acceptors (Lipinski definition) is 2. The van der Waals surface area contributed by atoms with E-state index in [0.717, 1.165) is 31.7 Å². The Morgan fingerprint density at radius 3 is 2.43 bits per heavy atom. The van der Waals surface area contributed by atoms with Gasteiger partial charge in [-0.25, -0.2) is 0 Å². The topological polar surface area (TPSA) is 32.3 Å². The largest absolute Gasteiger partial charge is 0.325 e. The summed E-state index contributed by atoms with van der Waals surface area (Å²) in [6, 6.07) is 0. The molecule has 1 amide bonds. The average molecular weight is 292 g/mol. The summed E-state index contributed by atoms with van der Waals surface area (Å²) in [5.41, 5.74) is -0.186. The lowest BCUT2D eigenvalue weighted by molar-refractivity contribution is -0.134. The van der Waals surface area contributed by atoms with E-state index in [1.807, 2.05) is 0 Å². The quantitative estimate of drug-likeness (QED) is 0.857. The molecule has 1 atom stereocenters. The third kappa shape index (κ3) is 3.13. The van der Waals surface area contributed by atoms with Gasteiger partial charge in [0.25, 0.3) is 0 Å². The zero-order valence-corrected chi connectivity index (χ0v) is 13.9. The predicted molar refractivity (Wildman–Crippen MR) is 85.9 cm³/mol. The Balaban J connectivity index is 1.71. The number of nitrogens with one attached hydrogen (secondary N) is 1. The van der Waals surface area contributed by atoms with E-state index in [4.69, 9.17) is 0 Å². The molecule has 3 aliphatic rings. The minimum absolute atomic E-state index is 0.186. The number of carbonyl (C=O) groups is 1.